The zero-order chi connectivity index (χ0) is 29.4. The van der Waals surface area contributed by atoms with Crippen LogP contribution in [0.1, 0.15) is 48.9 Å². The van der Waals surface area contributed by atoms with Crippen LogP contribution in [0.2, 0.25) is 0 Å². The molecule has 2 spiro atoms. The first-order chi connectivity index (χ1) is 20.8. The molecule has 4 atom stereocenters. The number of para-hydroxylation sites is 2. The topological polar surface area (TPSA) is 59.1 Å². The monoisotopic (exact) mass is 570 g/mol. The number of amides is 2. The lowest BCUT2D eigenvalue weighted by molar-refractivity contribution is -0.146. The molecule has 8 rings (SSSR count). The van der Waals surface area contributed by atoms with Gasteiger partial charge in [-0.2, -0.15) is 0 Å². The van der Waals surface area contributed by atoms with Crippen molar-refractivity contribution < 1.29 is 19.1 Å². The first-order valence-electron chi connectivity index (χ1n) is 15.1. The number of anilines is 2. The molecule has 0 N–H and O–H groups in total. The molecule has 0 radical (unpaired) electrons. The van der Waals surface area contributed by atoms with Gasteiger partial charge in [0, 0.05) is 11.4 Å². The van der Waals surface area contributed by atoms with Crippen molar-refractivity contribution in [1.29, 1.82) is 0 Å². The predicted octanol–water partition coefficient (Wildman–Crippen LogP) is 6.27. The lowest BCUT2D eigenvalue weighted by Gasteiger charge is -2.50. The quantitative estimate of drug-likeness (QED) is 0.290. The van der Waals surface area contributed by atoms with E-state index in [0.29, 0.717) is 25.9 Å². The van der Waals surface area contributed by atoms with Gasteiger partial charge in [0.2, 0.25) is 11.8 Å². The molecule has 216 valence electrons. The molecular formula is C37H34N2O4. The van der Waals surface area contributed by atoms with E-state index in [1.54, 1.807) is 0 Å². The summed E-state index contributed by atoms with van der Waals surface area (Å²) in [7, 11) is 0. The molecule has 1 saturated heterocycles. The van der Waals surface area contributed by atoms with Gasteiger partial charge in [-0.25, -0.2) is 0 Å². The van der Waals surface area contributed by atoms with Crippen LogP contribution in [0.25, 0.3) is 0 Å². The molecule has 2 amide bonds. The molecule has 6 heteroatoms. The Labute approximate surface area is 251 Å². The number of hydrogen-bond acceptors (Lipinski definition) is 4. The van der Waals surface area contributed by atoms with E-state index in [0.717, 1.165) is 33.6 Å². The summed E-state index contributed by atoms with van der Waals surface area (Å²) in [4.78, 5) is 34.5. The normalized spacial score (nSPS) is 28.4. The molecule has 1 saturated carbocycles. The Kier molecular flexibility index (Phi) is 5.75. The van der Waals surface area contributed by atoms with E-state index in [-0.39, 0.29) is 24.0 Å². The summed E-state index contributed by atoms with van der Waals surface area (Å²) < 4.78 is 13.0. The average molecular weight is 571 g/mol. The highest BCUT2D eigenvalue weighted by atomic mass is 16.8. The molecule has 2 fully saturated rings. The minimum atomic E-state index is -1.16. The van der Waals surface area contributed by atoms with Crippen LogP contribution < -0.4 is 9.80 Å². The van der Waals surface area contributed by atoms with Crippen molar-refractivity contribution in [3.63, 3.8) is 0 Å². The van der Waals surface area contributed by atoms with E-state index >= 15 is 9.59 Å². The third-order valence-electron chi connectivity index (χ3n) is 9.93. The predicted molar refractivity (Wildman–Crippen MR) is 165 cm³/mol. The minimum absolute atomic E-state index is 0.0472. The van der Waals surface area contributed by atoms with Crippen LogP contribution in [0.15, 0.2) is 109 Å². The van der Waals surface area contributed by atoms with Crippen LogP contribution in [0.5, 0.6) is 0 Å². The third kappa shape index (κ3) is 3.66. The second-order valence-electron chi connectivity index (χ2n) is 12.7. The smallest absolute Gasteiger partial charge is 0.239 e. The number of ether oxygens (including phenoxy) is 2. The summed E-state index contributed by atoms with van der Waals surface area (Å²) in [6.07, 6.45) is 0.0815. The molecule has 3 aliphatic heterocycles. The Morgan fingerprint density at radius 2 is 0.953 bits per heavy atom. The summed E-state index contributed by atoms with van der Waals surface area (Å²) >= 11 is 0. The van der Waals surface area contributed by atoms with Gasteiger partial charge in [-0.1, -0.05) is 97.1 Å². The Morgan fingerprint density at radius 1 is 0.581 bits per heavy atom. The van der Waals surface area contributed by atoms with Crippen molar-refractivity contribution in [3.8, 4) is 0 Å². The highest BCUT2D eigenvalue weighted by Gasteiger charge is 2.75. The molecule has 4 aromatic rings. The number of benzene rings is 4. The SMILES string of the molecule is CC1(C)O[C@@H]2C[C@]3(C(=O)N(Cc4ccccc4)c4ccccc43)[C@]3(C[C@H]2O1)C(=O)N(Cc1ccccc1)c1ccccc13. The van der Waals surface area contributed by atoms with Crippen LogP contribution in [0.4, 0.5) is 11.4 Å². The van der Waals surface area contributed by atoms with Gasteiger partial charge in [0.1, 0.15) is 0 Å². The molecule has 4 aliphatic rings. The second kappa shape index (κ2) is 9.37. The summed E-state index contributed by atoms with van der Waals surface area (Å²) in [5.41, 5.74) is 3.26. The summed E-state index contributed by atoms with van der Waals surface area (Å²) in [5, 5.41) is 0. The van der Waals surface area contributed by atoms with E-state index in [1.165, 1.54) is 0 Å². The molecule has 1 aliphatic carbocycles. The maximum absolute atomic E-state index is 15.3. The summed E-state index contributed by atoms with van der Waals surface area (Å²) in [5.74, 6) is -0.902. The lowest BCUT2D eigenvalue weighted by atomic mass is 9.50. The van der Waals surface area contributed by atoms with Crippen LogP contribution in [-0.2, 0) is 43.0 Å². The number of fused-ring (bicyclic) bond motifs is 6. The Hall–Kier alpha value is -4.26. The fraction of sp³-hybridized carbons (Fsp3) is 0.297. The average Bonchev–Trinajstić information content (AvgIpc) is 3.54. The van der Waals surface area contributed by atoms with Crippen molar-refractivity contribution in [1.82, 2.24) is 0 Å². The molecule has 3 heterocycles. The van der Waals surface area contributed by atoms with Crippen molar-refractivity contribution in [2.45, 2.75) is 68.6 Å². The van der Waals surface area contributed by atoms with E-state index in [2.05, 4.69) is 12.1 Å². The van der Waals surface area contributed by atoms with Crippen molar-refractivity contribution in [2.75, 3.05) is 9.80 Å². The molecule has 43 heavy (non-hydrogen) atoms. The van der Waals surface area contributed by atoms with Crippen molar-refractivity contribution in [2.24, 2.45) is 0 Å². The van der Waals surface area contributed by atoms with E-state index in [1.807, 2.05) is 121 Å². The molecule has 0 unspecified atom stereocenters. The van der Waals surface area contributed by atoms with Crippen molar-refractivity contribution >= 4 is 23.2 Å². The first kappa shape index (κ1) is 26.4. The first-order valence-corrected chi connectivity index (χ1v) is 15.1. The second-order valence-corrected chi connectivity index (χ2v) is 12.7. The number of hydrogen-bond donors (Lipinski definition) is 0. The molecule has 4 aromatic carbocycles. The maximum Gasteiger partial charge on any atom is 0.239 e. The Morgan fingerprint density at radius 3 is 1.37 bits per heavy atom. The zero-order valence-corrected chi connectivity index (χ0v) is 24.4. The highest BCUT2D eigenvalue weighted by molar-refractivity contribution is 6.19. The van der Waals surface area contributed by atoms with E-state index in [4.69, 9.17) is 9.47 Å². The van der Waals surface area contributed by atoms with Crippen LogP contribution in [0, 0.1) is 0 Å². The van der Waals surface area contributed by atoms with Crippen LogP contribution >= 0.6 is 0 Å². The van der Waals surface area contributed by atoms with Gasteiger partial charge in [0.25, 0.3) is 0 Å². The molecule has 0 aromatic heterocycles. The van der Waals surface area contributed by atoms with Gasteiger partial charge in [0.05, 0.1) is 36.1 Å². The fourth-order valence-corrected chi connectivity index (χ4v) is 8.32. The molecule has 0 bridgehead atoms. The Balaban J connectivity index is 1.36. The van der Waals surface area contributed by atoms with Gasteiger partial charge in [0.15, 0.2) is 5.79 Å². The number of rotatable bonds is 4. The number of nitrogens with zero attached hydrogens (tertiary/aromatic N) is 2. The Bertz CT molecular complexity index is 1610. The minimum Gasteiger partial charge on any atom is -0.345 e. The summed E-state index contributed by atoms with van der Waals surface area (Å²) in [6.45, 7) is 4.69. The number of carbonyl (C=O) groups excluding carboxylic acids is 2. The third-order valence-corrected chi connectivity index (χ3v) is 9.93. The highest BCUT2D eigenvalue weighted by Crippen LogP contribution is 2.66. The summed E-state index contributed by atoms with van der Waals surface area (Å²) in [6, 6.07) is 36.2. The van der Waals surface area contributed by atoms with Gasteiger partial charge in [-0.05, 0) is 61.1 Å². The van der Waals surface area contributed by atoms with Crippen molar-refractivity contribution in [3.05, 3.63) is 131 Å². The standard InChI is InChI=1S/C37H34N2O4/c1-35(2)42-31-21-36(27-17-9-11-19-29(27)38(33(36)40)23-25-13-5-3-6-14-25)37(22-32(31)43-35)28-18-10-12-20-30(28)39(34(37)41)24-26-15-7-4-8-16-26/h3-20,31-32H,21-24H2,1-2H3/t31-,32-,36+,37+/m1/s1. The van der Waals surface area contributed by atoms with Crippen LogP contribution in [-0.4, -0.2) is 29.8 Å². The maximum atomic E-state index is 15.3. The lowest BCUT2D eigenvalue weighted by Crippen LogP contribution is -2.65. The molecule has 6 nitrogen and oxygen atoms in total. The number of carbonyl (C=O) groups is 2. The van der Waals surface area contributed by atoms with Crippen LogP contribution in [0.3, 0.4) is 0 Å². The zero-order valence-electron chi connectivity index (χ0n) is 24.4. The van der Waals surface area contributed by atoms with Gasteiger partial charge < -0.3 is 19.3 Å². The van der Waals surface area contributed by atoms with Gasteiger partial charge >= 0.3 is 0 Å². The van der Waals surface area contributed by atoms with Gasteiger partial charge in [-0.15, -0.1) is 0 Å². The molecular weight excluding hydrogens is 536 g/mol. The van der Waals surface area contributed by atoms with E-state index < -0.39 is 16.6 Å². The fourth-order valence-electron chi connectivity index (χ4n) is 8.32. The largest absolute Gasteiger partial charge is 0.345 e. The van der Waals surface area contributed by atoms with Gasteiger partial charge in [-0.3, -0.25) is 9.59 Å². The van der Waals surface area contributed by atoms with E-state index in [9.17, 15) is 0 Å².